The third kappa shape index (κ3) is 4.11. The van der Waals surface area contributed by atoms with Gasteiger partial charge in [0.25, 0.3) is 0 Å². The van der Waals surface area contributed by atoms with Gasteiger partial charge in [0, 0.05) is 38.3 Å². The van der Waals surface area contributed by atoms with Crippen molar-refractivity contribution in [3.05, 3.63) is 35.9 Å². The molecule has 3 aliphatic heterocycles. The number of nitrogens with two attached hydrogens (primary N) is 1. The van der Waals surface area contributed by atoms with Gasteiger partial charge in [0.05, 0.1) is 6.54 Å². The number of piperidine rings is 1. The van der Waals surface area contributed by atoms with Gasteiger partial charge in [-0.2, -0.15) is 0 Å². The monoisotopic (exact) mass is 443 g/mol. The maximum atomic E-state index is 13.2. The van der Waals surface area contributed by atoms with E-state index >= 15 is 0 Å². The molecular formula is C24H37N5O3. The molecule has 3 aliphatic rings. The number of hydrogen-bond donors (Lipinski definition) is 1. The van der Waals surface area contributed by atoms with Gasteiger partial charge in [0.2, 0.25) is 5.91 Å². The van der Waals surface area contributed by atoms with Crippen LogP contribution in [-0.2, 0) is 16.1 Å². The average Bonchev–Trinajstić information content (AvgIpc) is 2.99. The second kappa shape index (κ2) is 8.32. The molecular weight excluding hydrogens is 406 g/mol. The van der Waals surface area contributed by atoms with Gasteiger partial charge in [-0.15, -0.1) is 0 Å². The van der Waals surface area contributed by atoms with Crippen LogP contribution in [0.1, 0.15) is 39.2 Å². The molecule has 32 heavy (non-hydrogen) atoms. The van der Waals surface area contributed by atoms with Crippen LogP contribution >= 0.6 is 0 Å². The van der Waals surface area contributed by atoms with Crippen molar-refractivity contribution in [1.82, 2.24) is 19.6 Å². The Morgan fingerprint density at radius 1 is 1.12 bits per heavy atom. The highest BCUT2D eigenvalue weighted by molar-refractivity contribution is 5.85. The lowest BCUT2D eigenvalue weighted by molar-refractivity contribution is -0.149. The third-order valence-electron chi connectivity index (χ3n) is 7.38. The molecule has 0 bridgehead atoms. The van der Waals surface area contributed by atoms with Crippen molar-refractivity contribution < 1.29 is 14.3 Å². The Labute approximate surface area is 191 Å². The molecule has 4 rings (SSSR count). The second-order valence-corrected chi connectivity index (χ2v) is 10.5. The zero-order valence-corrected chi connectivity index (χ0v) is 19.8. The van der Waals surface area contributed by atoms with E-state index in [2.05, 4.69) is 41.1 Å². The van der Waals surface area contributed by atoms with E-state index in [0.29, 0.717) is 13.1 Å². The third-order valence-corrected chi connectivity index (χ3v) is 7.38. The van der Waals surface area contributed by atoms with E-state index in [9.17, 15) is 9.59 Å². The highest BCUT2D eigenvalue weighted by atomic mass is 16.6. The molecule has 176 valence electrons. The van der Waals surface area contributed by atoms with Crippen molar-refractivity contribution in [1.29, 1.82) is 0 Å². The van der Waals surface area contributed by atoms with Gasteiger partial charge < -0.3 is 15.4 Å². The number of fused-ring (bicyclic) bond motifs is 1. The number of piperazine rings is 1. The molecule has 1 atom stereocenters. The Hall–Kier alpha value is -2.16. The first-order chi connectivity index (χ1) is 15.1. The minimum atomic E-state index is -0.687. The van der Waals surface area contributed by atoms with Gasteiger partial charge in [0.15, 0.2) is 0 Å². The average molecular weight is 444 g/mol. The molecule has 0 aliphatic carbocycles. The van der Waals surface area contributed by atoms with Crippen LogP contribution < -0.4 is 5.73 Å². The Balaban J connectivity index is 1.49. The van der Waals surface area contributed by atoms with Crippen LogP contribution in [0, 0.1) is 0 Å². The van der Waals surface area contributed by atoms with Crippen molar-refractivity contribution in [2.75, 3.05) is 46.3 Å². The van der Waals surface area contributed by atoms with Crippen LogP contribution in [0.4, 0.5) is 4.79 Å². The van der Waals surface area contributed by atoms with Crippen LogP contribution in [0.2, 0.25) is 0 Å². The van der Waals surface area contributed by atoms with Crippen molar-refractivity contribution >= 4 is 12.0 Å². The molecule has 0 saturated carbocycles. The van der Waals surface area contributed by atoms with Crippen molar-refractivity contribution in [2.45, 2.75) is 57.0 Å². The smallest absolute Gasteiger partial charge is 0.410 e. The van der Waals surface area contributed by atoms with Crippen LogP contribution in [-0.4, -0.2) is 94.7 Å². The van der Waals surface area contributed by atoms with E-state index < -0.39 is 17.4 Å². The molecule has 1 aromatic carbocycles. The molecule has 1 unspecified atom stereocenters. The molecule has 3 saturated heterocycles. The largest absolute Gasteiger partial charge is 0.444 e. The zero-order valence-electron chi connectivity index (χ0n) is 19.8. The quantitative estimate of drug-likeness (QED) is 0.766. The summed E-state index contributed by atoms with van der Waals surface area (Å²) < 4.78 is 5.56. The first-order valence-corrected chi connectivity index (χ1v) is 11.6. The normalized spacial score (nSPS) is 26.5. The molecule has 0 aromatic heterocycles. The fourth-order valence-corrected chi connectivity index (χ4v) is 5.52. The summed E-state index contributed by atoms with van der Waals surface area (Å²) in [6.07, 6.45) is 1.48. The van der Waals surface area contributed by atoms with Crippen molar-refractivity contribution in [3.8, 4) is 0 Å². The number of nitrogens with zero attached hydrogens (tertiary/aromatic N) is 4. The van der Waals surface area contributed by atoms with E-state index in [4.69, 9.17) is 10.5 Å². The van der Waals surface area contributed by atoms with Crippen LogP contribution in [0.25, 0.3) is 0 Å². The molecule has 8 heteroatoms. The van der Waals surface area contributed by atoms with Gasteiger partial charge in [-0.25, -0.2) is 4.79 Å². The summed E-state index contributed by atoms with van der Waals surface area (Å²) in [5.74, 6) is -0.0528. The van der Waals surface area contributed by atoms with Crippen molar-refractivity contribution in [2.24, 2.45) is 5.73 Å². The Morgan fingerprint density at radius 3 is 2.38 bits per heavy atom. The summed E-state index contributed by atoms with van der Waals surface area (Å²) in [6.45, 7) is 9.75. The summed E-state index contributed by atoms with van der Waals surface area (Å²) in [6, 6.07) is 10.5. The Kier molecular flexibility index (Phi) is 5.98. The number of likely N-dealkylation sites (N-methyl/N-ethyl adjacent to an activating group) is 1. The maximum Gasteiger partial charge on any atom is 0.410 e. The first kappa shape index (κ1) is 23.0. The highest BCUT2D eigenvalue weighted by Crippen LogP contribution is 2.44. The van der Waals surface area contributed by atoms with E-state index in [-0.39, 0.29) is 24.5 Å². The van der Waals surface area contributed by atoms with Gasteiger partial charge in [-0.1, -0.05) is 30.3 Å². The lowest BCUT2D eigenvalue weighted by Gasteiger charge is -2.51. The predicted molar refractivity (Wildman–Crippen MR) is 123 cm³/mol. The molecule has 1 aromatic rings. The topological polar surface area (TPSA) is 82.3 Å². The molecule has 1 spiro atoms. The van der Waals surface area contributed by atoms with Crippen LogP contribution in [0.5, 0.6) is 0 Å². The van der Waals surface area contributed by atoms with Gasteiger partial charge in [-0.05, 0) is 46.2 Å². The lowest BCUT2D eigenvalue weighted by Crippen LogP contribution is -2.71. The van der Waals surface area contributed by atoms with Crippen LogP contribution in [0.3, 0.4) is 0 Å². The first-order valence-electron chi connectivity index (χ1n) is 11.6. The molecule has 8 nitrogen and oxygen atoms in total. The summed E-state index contributed by atoms with van der Waals surface area (Å²) in [5, 5.41) is 0. The number of likely N-dealkylation sites (tertiary alicyclic amines) is 1. The molecule has 2 N–H and O–H groups in total. The molecule has 2 amide bonds. The second-order valence-electron chi connectivity index (χ2n) is 10.5. The summed E-state index contributed by atoms with van der Waals surface area (Å²) in [5.41, 5.74) is 6.22. The zero-order chi connectivity index (χ0) is 23.1. The fraction of sp³-hybridized carbons (Fsp3) is 0.667. The molecule has 3 fully saturated rings. The van der Waals surface area contributed by atoms with E-state index in [1.54, 1.807) is 0 Å². The summed E-state index contributed by atoms with van der Waals surface area (Å²) >= 11 is 0. The number of amides is 2. The predicted octanol–water partition coefficient (Wildman–Crippen LogP) is 1.70. The molecule has 3 heterocycles. The van der Waals surface area contributed by atoms with Gasteiger partial charge in [0.1, 0.15) is 17.8 Å². The Morgan fingerprint density at radius 2 is 1.78 bits per heavy atom. The van der Waals surface area contributed by atoms with Gasteiger partial charge >= 0.3 is 6.09 Å². The lowest BCUT2D eigenvalue weighted by atomic mass is 9.86. The highest BCUT2D eigenvalue weighted by Gasteiger charge is 2.61. The number of rotatable bonds is 3. The summed E-state index contributed by atoms with van der Waals surface area (Å²) in [7, 11) is 2.07. The number of benzene rings is 1. The van der Waals surface area contributed by atoms with E-state index in [0.717, 1.165) is 32.5 Å². The van der Waals surface area contributed by atoms with E-state index in [1.807, 2.05) is 31.7 Å². The van der Waals surface area contributed by atoms with E-state index in [1.165, 1.54) is 10.5 Å². The number of ether oxygens (including phenoxy) is 1. The minimum Gasteiger partial charge on any atom is -0.444 e. The standard InChI is InChI=1S/C24H37N5O3/c1-22(2,3)32-21(31)28-15-20(30)29-17-23(26(4)24(29,16-25)18-28)10-12-27(13-11-23)14-19-8-6-5-7-9-19/h5-9H,10-18,25H2,1-4H3. The number of carbonyl (C=O) groups is 2. The van der Waals surface area contributed by atoms with Crippen LogP contribution in [0.15, 0.2) is 30.3 Å². The van der Waals surface area contributed by atoms with Gasteiger partial charge in [-0.3, -0.25) is 19.5 Å². The minimum absolute atomic E-state index is 0.0424. The molecule has 0 radical (unpaired) electrons. The number of carbonyl (C=O) groups excluding carboxylic acids is 2. The Bertz CT molecular complexity index is 847. The SMILES string of the molecule is CN1C2(CCN(Cc3ccccc3)CC2)CN2C(=O)CN(C(=O)OC(C)(C)C)CC21CN. The summed E-state index contributed by atoms with van der Waals surface area (Å²) in [4.78, 5) is 34.2. The fourth-order valence-electron chi connectivity index (χ4n) is 5.52. The number of hydrogen-bond acceptors (Lipinski definition) is 6. The maximum absolute atomic E-state index is 13.2. The van der Waals surface area contributed by atoms with Crippen molar-refractivity contribution in [3.63, 3.8) is 0 Å².